The Labute approximate surface area is 302 Å². The Morgan fingerprint density at radius 2 is 1.30 bits per heavy atom. The summed E-state index contributed by atoms with van der Waals surface area (Å²) in [4.78, 5) is 9.82. The smallest absolute Gasteiger partial charge is 0.503 e. The summed E-state index contributed by atoms with van der Waals surface area (Å²) in [6.07, 6.45) is 1.82. The van der Waals surface area contributed by atoms with Crippen LogP contribution >= 0.6 is 0 Å². The SMILES string of the molecule is Cc1cccc(C)c1-c1cccc2c1c1ccc(Oc3[c-]c4c(cc3)c3ccccc3n4-c3ccccn3)[c-]c1c1nc3ccccc3n21.[Pt+2]. The van der Waals surface area contributed by atoms with E-state index < -0.39 is 0 Å². The molecule has 50 heavy (non-hydrogen) atoms. The minimum atomic E-state index is 0. The molecule has 0 saturated heterocycles. The number of rotatable bonds is 4. The van der Waals surface area contributed by atoms with E-state index in [4.69, 9.17) is 9.72 Å². The zero-order valence-electron chi connectivity index (χ0n) is 27.2. The standard InChI is InChI=1S/C44H28N4O.Pt/c1-27-11-9-12-28(2)42(27)34-14-10-18-39-43(34)33-23-21-29(25-35(33)44-46-36-15-4-6-17-38(36)48(39)44)49-30-20-22-32-31-13-3-5-16-37(31)47(40(32)26-30)41-19-7-8-24-45-41;/h3-24H,1-2H3;/q-2;+2. The molecular formula is C44H28N4OPt. The van der Waals surface area contributed by atoms with E-state index in [0.29, 0.717) is 11.5 Å². The number of aryl methyl sites for hydroxylation is 2. The molecule has 0 fully saturated rings. The van der Waals surface area contributed by atoms with Crippen LogP contribution in [0.1, 0.15) is 11.1 Å². The summed E-state index contributed by atoms with van der Waals surface area (Å²) in [6, 6.07) is 51.2. The molecule has 0 unspecified atom stereocenters. The Balaban J connectivity index is 0.00000336. The van der Waals surface area contributed by atoms with Crippen molar-refractivity contribution in [2.75, 3.05) is 0 Å². The maximum absolute atomic E-state index is 6.59. The zero-order chi connectivity index (χ0) is 32.6. The first-order chi connectivity index (χ1) is 24.1. The number of fused-ring (bicyclic) bond motifs is 11. The Morgan fingerprint density at radius 1 is 0.600 bits per heavy atom. The van der Waals surface area contributed by atoms with Crippen LogP contribution in [-0.4, -0.2) is 18.9 Å². The molecule has 0 amide bonds. The Bertz CT molecular complexity index is 2920. The number of hydrogen-bond donors (Lipinski definition) is 0. The molecule has 6 aromatic carbocycles. The molecule has 6 heteroatoms. The van der Waals surface area contributed by atoms with Crippen molar-refractivity contribution < 1.29 is 25.8 Å². The number of imidazole rings is 1. The molecular weight excluding hydrogens is 796 g/mol. The van der Waals surface area contributed by atoms with Crippen molar-refractivity contribution in [3.05, 3.63) is 157 Å². The van der Waals surface area contributed by atoms with Crippen LogP contribution in [0.4, 0.5) is 0 Å². The molecule has 10 rings (SSSR count). The Kier molecular flexibility index (Phi) is 7.08. The van der Waals surface area contributed by atoms with Crippen LogP contribution in [0.3, 0.4) is 0 Å². The van der Waals surface area contributed by atoms with Crippen LogP contribution in [0.15, 0.2) is 134 Å². The topological polar surface area (TPSA) is 44.3 Å². The van der Waals surface area contributed by atoms with Crippen molar-refractivity contribution in [1.29, 1.82) is 0 Å². The van der Waals surface area contributed by atoms with Crippen LogP contribution in [0.2, 0.25) is 0 Å². The zero-order valence-corrected chi connectivity index (χ0v) is 29.5. The average Bonchev–Trinajstić information content (AvgIpc) is 3.68. The summed E-state index contributed by atoms with van der Waals surface area (Å²) < 4.78 is 11.0. The van der Waals surface area contributed by atoms with Gasteiger partial charge in [-0.3, -0.25) is 4.98 Å². The first-order valence-electron chi connectivity index (χ1n) is 16.4. The van der Waals surface area contributed by atoms with Crippen molar-refractivity contribution in [2.24, 2.45) is 0 Å². The number of pyridine rings is 2. The number of nitrogens with zero attached hydrogens (tertiary/aromatic N) is 4. The van der Waals surface area contributed by atoms with Gasteiger partial charge in [0.1, 0.15) is 5.82 Å². The number of ether oxygens (including phenoxy) is 1. The van der Waals surface area contributed by atoms with Crippen LogP contribution in [0.5, 0.6) is 11.5 Å². The molecule has 0 bridgehead atoms. The first kappa shape index (κ1) is 30.3. The van der Waals surface area contributed by atoms with Crippen molar-refractivity contribution >= 4 is 60.2 Å². The molecule has 4 heterocycles. The van der Waals surface area contributed by atoms with Crippen LogP contribution in [-0.2, 0) is 21.1 Å². The number of hydrogen-bond acceptors (Lipinski definition) is 3. The molecule has 0 spiro atoms. The van der Waals surface area contributed by atoms with Crippen LogP contribution in [0, 0.1) is 26.0 Å². The molecule has 4 aromatic heterocycles. The normalized spacial score (nSPS) is 11.6. The summed E-state index contributed by atoms with van der Waals surface area (Å²) in [5.41, 5.74) is 10.9. The minimum absolute atomic E-state index is 0. The third-order valence-electron chi connectivity index (χ3n) is 9.66. The van der Waals surface area contributed by atoms with Crippen LogP contribution < -0.4 is 4.74 Å². The molecule has 0 N–H and O–H groups in total. The molecule has 0 aliphatic rings. The van der Waals surface area contributed by atoms with Gasteiger partial charge in [-0.05, 0) is 83.3 Å². The fraction of sp³-hybridized carbons (Fsp3) is 0.0455. The summed E-state index contributed by atoms with van der Waals surface area (Å²) in [7, 11) is 0. The van der Waals surface area contributed by atoms with Crippen molar-refractivity contribution in [1.82, 2.24) is 18.9 Å². The van der Waals surface area contributed by atoms with E-state index in [9.17, 15) is 0 Å². The van der Waals surface area contributed by atoms with Gasteiger partial charge in [0.2, 0.25) is 0 Å². The molecule has 0 atom stereocenters. The maximum atomic E-state index is 6.59. The molecule has 240 valence electrons. The van der Waals surface area contributed by atoms with Gasteiger partial charge >= 0.3 is 21.1 Å². The third kappa shape index (κ3) is 4.50. The minimum Gasteiger partial charge on any atom is -0.503 e. The first-order valence-corrected chi connectivity index (χ1v) is 16.4. The van der Waals surface area contributed by atoms with E-state index in [1.54, 1.807) is 0 Å². The number of benzene rings is 6. The van der Waals surface area contributed by atoms with E-state index in [1.165, 1.54) is 27.6 Å². The molecule has 0 saturated carbocycles. The maximum Gasteiger partial charge on any atom is 2.00 e. The van der Waals surface area contributed by atoms with Gasteiger partial charge in [-0.1, -0.05) is 89.1 Å². The van der Waals surface area contributed by atoms with Gasteiger partial charge < -0.3 is 13.7 Å². The number of aromatic nitrogens is 4. The molecule has 0 aliphatic heterocycles. The molecule has 5 nitrogen and oxygen atoms in total. The summed E-state index contributed by atoms with van der Waals surface area (Å²) in [6.45, 7) is 4.38. The second kappa shape index (κ2) is 11.7. The van der Waals surface area contributed by atoms with Gasteiger partial charge in [-0.2, -0.15) is 6.07 Å². The monoisotopic (exact) mass is 823 g/mol. The summed E-state index contributed by atoms with van der Waals surface area (Å²) in [5, 5.41) is 5.39. The van der Waals surface area contributed by atoms with Gasteiger partial charge in [0.15, 0.2) is 0 Å². The number of para-hydroxylation sites is 3. The molecule has 0 aliphatic carbocycles. The van der Waals surface area contributed by atoms with Crippen LogP contribution in [0.25, 0.3) is 77.1 Å². The largest absolute Gasteiger partial charge is 2.00 e. The van der Waals surface area contributed by atoms with Gasteiger partial charge in [0, 0.05) is 28.7 Å². The predicted octanol–water partition coefficient (Wildman–Crippen LogP) is 11.0. The van der Waals surface area contributed by atoms with E-state index in [2.05, 4.69) is 131 Å². The van der Waals surface area contributed by atoms with E-state index in [1.807, 2.05) is 42.6 Å². The second-order valence-corrected chi connectivity index (χ2v) is 12.6. The van der Waals surface area contributed by atoms with Crippen molar-refractivity contribution in [3.63, 3.8) is 0 Å². The summed E-state index contributed by atoms with van der Waals surface area (Å²) >= 11 is 0. The van der Waals surface area contributed by atoms with E-state index in [0.717, 1.165) is 60.6 Å². The van der Waals surface area contributed by atoms with Crippen molar-refractivity contribution in [2.45, 2.75) is 13.8 Å². The quantitative estimate of drug-likeness (QED) is 0.131. The third-order valence-corrected chi connectivity index (χ3v) is 9.66. The average molecular weight is 824 g/mol. The molecule has 0 radical (unpaired) electrons. The summed E-state index contributed by atoms with van der Waals surface area (Å²) in [5.74, 6) is 2.03. The predicted molar refractivity (Wildman–Crippen MR) is 199 cm³/mol. The second-order valence-electron chi connectivity index (χ2n) is 12.6. The van der Waals surface area contributed by atoms with Gasteiger partial charge in [-0.15, -0.1) is 29.7 Å². The Morgan fingerprint density at radius 3 is 2.12 bits per heavy atom. The van der Waals surface area contributed by atoms with E-state index in [-0.39, 0.29) is 21.1 Å². The fourth-order valence-electron chi connectivity index (χ4n) is 7.59. The van der Waals surface area contributed by atoms with Crippen molar-refractivity contribution in [3.8, 4) is 28.4 Å². The van der Waals surface area contributed by atoms with E-state index >= 15 is 0 Å². The molecule has 10 aromatic rings. The van der Waals surface area contributed by atoms with Gasteiger partial charge in [0.05, 0.1) is 16.7 Å². The van der Waals surface area contributed by atoms with Gasteiger partial charge in [-0.25, -0.2) is 4.98 Å². The van der Waals surface area contributed by atoms with Gasteiger partial charge in [0.25, 0.3) is 0 Å². The Hall–Kier alpha value is -5.77. The fourth-order valence-corrected chi connectivity index (χ4v) is 7.59.